The van der Waals surface area contributed by atoms with Crippen LogP contribution in [-0.2, 0) is 11.2 Å². The Morgan fingerprint density at radius 3 is 2.37 bits per heavy atom. The van der Waals surface area contributed by atoms with Crippen molar-refractivity contribution in [3.8, 4) is 5.75 Å². The van der Waals surface area contributed by atoms with E-state index in [9.17, 15) is 18.0 Å². The van der Waals surface area contributed by atoms with Crippen LogP contribution in [0.3, 0.4) is 0 Å². The van der Waals surface area contributed by atoms with Gasteiger partial charge in [-0.3, -0.25) is 4.79 Å². The zero-order valence-electron chi connectivity index (χ0n) is 10.3. The Kier molecular flexibility index (Phi) is 5.17. The van der Waals surface area contributed by atoms with Gasteiger partial charge >= 0.3 is 6.36 Å². The van der Waals surface area contributed by atoms with Crippen LogP contribution in [0.15, 0.2) is 24.3 Å². The molecule has 0 fully saturated rings. The predicted octanol–water partition coefficient (Wildman–Crippen LogP) is 1.58. The molecule has 0 bridgehead atoms. The lowest BCUT2D eigenvalue weighted by atomic mass is 10.1. The number of carbonyl (C=O) groups is 1. The van der Waals surface area contributed by atoms with Gasteiger partial charge in [0, 0.05) is 13.6 Å². The number of amides is 1. The molecule has 0 heterocycles. The van der Waals surface area contributed by atoms with Crippen LogP contribution in [0.4, 0.5) is 13.2 Å². The highest BCUT2D eigenvalue weighted by Gasteiger charge is 2.30. The van der Waals surface area contributed by atoms with Gasteiger partial charge in [0.05, 0.1) is 13.0 Å². The second kappa shape index (κ2) is 6.42. The second-order valence-corrected chi connectivity index (χ2v) is 3.91. The molecule has 106 valence electrons. The molecule has 4 nitrogen and oxygen atoms in total. The van der Waals surface area contributed by atoms with Crippen LogP contribution in [0.1, 0.15) is 5.56 Å². The van der Waals surface area contributed by atoms with Gasteiger partial charge in [0.1, 0.15) is 5.75 Å². The Morgan fingerprint density at radius 1 is 1.32 bits per heavy atom. The Morgan fingerprint density at radius 2 is 1.89 bits per heavy atom. The molecule has 0 spiro atoms. The average Bonchev–Trinajstić information content (AvgIpc) is 2.30. The number of carbonyl (C=O) groups excluding carboxylic acids is 1. The lowest BCUT2D eigenvalue weighted by molar-refractivity contribution is -0.274. The summed E-state index contributed by atoms with van der Waals surface area (Å²) in [6, 6.07) is 5.10. The minimum Gasteiger partial charge on any atom is -0.406 e. The molecule has 0 aromatic heterocycles. The van der Waals surface area contributed by atoms with Crippen molar-refractivity contribution in [3.63, 3.8) is 0 Å². The first-order valence-corrected chi connectivity index (χ1v) is 5.51. The van der Waals surface area contributed by atoms with E-state index in [1.54, 1.807) is 7.05 Å². The Balaban J connectivity index is 2.59. The Hall–Kier alpha value is -1.76. The monoisotopic (exact) mass is 277 g/mol. The van der Waals surface area contributed by atoms with Gasteiger partial charge in [0.15, 0.2) is 0 Å². The molecule has 19 heavy (non-hydrogen) atoms. The van der Waals surface area contributed by atoms with Crippen molar-refractivity contribution in [2.75, 3.05) is 20.2 Å². The third kappa shape index (κ3) is 5.60. The lowest BCUT2D eigenvalue weighted by Crippen LogP contribution is -2.30. The van der Waals surface area contributed by atoms with Crippen molar-refractivity contribution in [1.82, 2.24) is 4.90 Å². The van der Waals surface area contributed by atoms with E-state index < -0.39 is 6.36 Å². The summed E-state index contributed by atoms with van der Waals surface area (Å²) in [4.78, 5) is 13.0. The second-order valence-electron chi connectivity index (χ2n) is 3.91. The summed E-state index contributed by atoms with van der Waals surface area (Å²) in [7, 11) is 1.54. The summed E-state index contributed by atoms with van der Waals surface area (Å²) in [5.74, 6) is -0.550. The van der Waals surface area contributed by atoms with Gasteiger partial charge in [-0.2, -0.15) is 0 Å². The number of rotatable bonds is 5. The minimum absolute atomic E-state index is 0.0583. The van der Waals surface area contributed by atoms with Crippen molar-refractivity contribution in [2.45, 2.75) is 12.8 Å². The molecular weight excluding hydrogens is 263 g/mol. The largest absolute Gasteiger partial charge is 0.573 e. The third-order valence-corrected chi connectivity index (χ3v) is 2.37. The number of hydrogen-bond acceptors (Lipinski definition) is 3. The van der Waals surface area contributed by atoms with Crippen LogP contribution in [0, 0.1) is 0 Å². The fourth-order valence-electron chi connectivity index (χ4n) is 1.39. The summed E-state index contributed by atoms with van der Waals surface area (Å²) in [5, 5.41) is 8.68. The van der Waals surface area contributed by atoms with Gasteiger partial charge in [0.2, 0.25) is 5.91 Å². The van der Waals surface area contributed by atoms with Crippen LogP contribution in [-0.4, -0.2) is 42.5 Å². The molecule has 0 radical (unpaired) electrons. The van der Waals surface area contributed by atoms with Gasteiger partial charge in [-0.25, -0.2) is 0 Å². The maximum atomic E-state index is 11.9. The van der Waals surface area contributed by atoms with Crippen LogP contribution in [0.25, 0.3) is 0 Å². The normalized spacial score (nSPS) is 11.2. The average molecular weight is 277 g/mol. The topological polar surface area (TPSA) is 49.8 Å². The first-order chi connectivity index (χ1) is 8.81. The smallest absolute Gasteiger partial charge is 0.406 e. The van der Waals surface area contributed by atoms with Crippen molar-refractivity contribution in [2.24, 2.45) is 0 Å². The molecule has 0 atom stereocenters. The SMILES string of the molecule is CN(CCO)C(=O)Cc1ccc(OC(F)(F)F)cc1. The summed E-state index contributed by atoms with van der Waals surface area (Å²) in [6.07, 6.45) is -4.67. The van der Waals surface area contributed by atoms with Crippen molar-refractivity contribution in [3.05, 3.63) is 29.8 Å². The van der Waals surface area contributed by atoms with Gasteiger partial charge in [-0.1, -0.05) is 12.1 Å². The molecule has 7 heteroatoms. The maximum absolute atomic E-state index is 11.9. The number of alkyl halides is 3. The standard InChI is InChI=1S/C12H14F3NO3/c1-16(6-7-17)11(18)8-9-2-4-10(5-3-9)19-12(13,14)15/h2-5,17H,6-8H2,1H3. The molecule has 1 aromatic rings. The third-order valence-electron chi connectivity index (χ3n) is 2.37. The van der Waals surface area contributed by atoms with Crippen LogP contribution >= 0.6 is 0 Å². The predicted molar refractivity (Wildman–Crippen MR) is 61.6 cm³/mol. The zero-order chi connectivity index (χ0) is 14.5. The highest BCUT2D eigenvalue weighted by molar-refractivity contribution is 5.78. The van der Waals surface area contributed by atoms with Gasteiger partial charge in [-0.15, -0.1) is 13.2 Å². The minimum atomic E-state index is -4.72. The molecule has 0 aliphatic heterocycles. The fourth-order valence-corrected chi connectivity index (χ4v) is 1.39. The van der Waals surface area contributed by atoms with E-state index in [0.29, 0.717) is 5.56 Å². The number of ether oxygens (including phenoxy) is 1. The molecule has 0 saturated carbocycles. The zero-order valence-corrected chi connectivity index (χ0v) is 10.3. The Labute approximate surface area is 108 Å². The summed E-state index contributed by atoms with van der Waals surface area (Å²) >= 11 is 0. The molecule has 1 aromatic carbocycles. The summed E-state index contributed by atoms with van der Waals surface area (Å²) < 4.78 is 39.5. The van der Waals surface area contributed by atoms with Gasteiger partial charge < -0.3 is 14.7 Å². The number of likely N-dealkylation sites (N-methyl/N-ethyl adjacent to an activating group) is 1. The van der Waals surface area contributed by atoms with Crippen LogP contribution in [0.5, 0.6) is 5.75 Å². The molecule has 0 aliphatic carbocycles. The van der Waals surface area contributed by atoms with E-state index in [4.69, 9.17) is 5.11 Å². The van der Waals surface area contributed by atoms with E-state index in [1.807, 2.05) is 0 Å². The van der Waals surface area contributed by atoms with Crippen molar-refractivity contribution in [1.29, 1.82) is 0 Å². The van der Waals surface area contributed by atoms with E-state index in [0.717, 1.165) is 12.1 Å². The highest BCUT2D eigenvalue weighted by Crippen LogP contribution is 2.22. The van der Waals surface area contributed by atoms with Crippen LogP contribution < -0.4 is 4.74 Å². The molecule has 1 rings (SSSR count). The maximum Gasteiger partial charge on any atom is 0.573 e. The number of benzene rings is 1. The Bertz CT molecular complexity index is 417. The first kappa shape index (κ1) is 15.3. The van der Waals surface area contributed by atoms with E-state index in [1.165, 1.54) is 17.0 Å². The lowest BCUT2D eigenvalue weighted by Gasteiger charge is -2.15. The number of halogens is 3. The molecular formula is C12H14F3NO3. The summed E-state index contributed by atoms with van der Waals surface area (Å²) in [5.41, 5.74) is 0.573. The van der Waals surface area contributed by atoms with E-state index in [-0.39, 0.29) is 31.2 Å². The fraction of sp³-hybridized carbons (Fsp3) is 0.417. The quantitative estimate of drug-likeness (QED) is 0.889. The molecule has 1 N–H and O–H groups in total. The highest BCUT2D eigenvalue weighted by atomic mass is 19.4. The van der Waals surface area contributed by atoms with E-state index >= 15 is 0 Å². The van der Waals surface area contributed by atoms with Crippen LogP contribution in [0.2, 0.25) is 0 Å². The number of aliphatic hydroxyl groups is 1. The van der Waals surface area contributed by atoms with E-state index in [2.05, 4.69) is 4.74 Å². The van der Waals surface area contributed by atoms with Crippen molar-refractivity contribution < 1.29 is 27.8 Å². The number of nitrogens with zero attached hydrogens (tertiary/aromatic N) is 1. The number of hydrogen-bond donors (Lipinski definition) is 1. The number of aliphatic hydroxyl groups excluding tert-OH is 1. The molecule has 0 unspecified atom stereocenters. The first-order valence-electron chi connectivity index (χ1n) is 5.51. The molecule has 0 aliphatic rings. The molecule has 1 amide bonds. The van der Waals surface area contributed by atoms with Crippen molar-refractivity contribution >= 4 is 5.91 Å². The summed E-state index contributed by atoms with van der Waals surface area (Å²) in [6.45, 7) is 0.0781. The van der Waals surface area contributed by atoms with Gasteiger partial charge in [0.25, 0.3) is 0 Å². The molecule has 0 saturated heterocycles. The van der Waals surface area contributed by atoms with Gasteiger partial charge in [-0.05, 0) is 17.7 Å².